The Hall–Kier alpha value is -2.51. The summed E-state index contributed by atoms with van der Waals surface area (Å²) in [7, 11) is 0. The minimum Gasteiger partial charge on any atom is -0.376 e. The molecule has 0 spiro atoms. The summed E-state index contributed by atoms with van der Waals surface area (Å²) in [5.74, 6) is -0.206. The molecule has 1 unspecified atom stereocenters. The molecular formula is C21H23N3O3S. The molecule has 1 aromatic carbocycles. The van der Waals surface area contributed by atoms with E-state index >= 15 is 0 Å². The number of benzene rings is 1. The number of thiophene rings is 1. The van der Waals surface area contributed by atoms with Crippen molar-refractivity contribution in [3.05, 3.63) is 56.4 Å². The normalized spacial score (nSPS) is 16.6. The van der Waals surface area contributed by atoms with E-state index in [2.05, 4.69) is 10.3 Å². The molecule has 4 rings (SSSR count). The highest BCUT2D eigenvalue weighted by atomic mass is 32.1. The van der Waals surface area contributed by atoms with Crippen molar-refractivity contribution in [1.29, 1.82) is 0 Å². The number of aryl methyl sites for hydroxylation is 3. The minimum absolute atomic E-state index is 0.0580. The molecule has 28 heavy (non-hydrogen) atoms. The second-order valence-electron chi connectivity index (χ2n) is 7.29. The van der Waals surface area contributed by atoms with Gasteiger partial charge in [-0.2, -0.15) is 0 Å². The monoisotopic (exact) mass is 397 g/mol. The first-order chi connectivity index (χ1) is 13.5. The van der Waals surface area contributed by atoms with Crippen molar-refractivity contribution in [1.82, 2.24) is 9.55 Å². The van der Waals surface area contributed by atoms with E-state index in [1.807, 2.05) is 39.0 Å². The molecule has 0 bridgehead atoms. The van der Waals surface area contributed by atoms with Crippen molar-refractivity contribution in [2.45, 2.75) is 46.3 Å². The van der Waals surface area contributed by atoms with E-state index in [9.17, 15) is 9.59 Å². The Labute approximate surface area is 167 Å². The number of fused-ring (bicyclic) bond motifs is 1. The summed E-state index contributed by atoms with van der Waals surface area (Å²) >= 11 is 1.26. The zero-order valence-corrected chi connectivity index (χ0v) is 17.1. The lowest BCUT2D eigenvalue weighted by molar-refractivity contribution is 0.0960. The Kier molecular flexibility index (Phi) is 5.03. The predicted molar refractivity (Wildman–Crippen MR) is 111 cm³/mol. The topological polar surface area (TPSA) is 73.2 Å². The first-order valence-corrected chi connectivity index (χ1v) is 10.2. The molecule has 3 aromatic rings. The van der Waals surface area contributed by atoms with Crippen LogP contribution >= 0.6 is 11.3 Å². The smallest absolute Gasteiger partial charge is 0.266 e. The SMILES string of the molecule is Cc1cccc(C)c1NC(=O)c1sc2ncn(CC3CCCO3)c(=O)c2c1C. The molecule has 1 fully saturated rings. The highest BCUT2D eigenvalue weighted by Crippen LogP contribution is 2.29. The zero-order chi connectivity index (χ0) is 19.8. The Morgan fingerprint density at radius 1 is 1.32 bits per heavy atom. The maximum atomic E-state index is 13.0. The Balaban J connectivity index is 1.68. The number of ether oxygens (including phenoxy) is 1. The standard InChI is InChI=1S/C21H23N3O3S/c1-12-6-4-7-13(2)17(12)23-19(25)18-14(3)16-20(28-18)22-11-24(21(16)26)10-15-8-5-9-27-15/h4,6-7,11,15H,5,8-10H2,1-3H3,(H,23,25). The van der Waals surface area contributed by atoms with Crippen LogP contribution in [0.1, 0.15) is 39.2 Å². The van der Waals surface area contributed by atoms with Crippen LogP contribution in [0.25, 0.3) is 10.2 Å². The molecule has 3 heterocycles. The third-order valence-electron chi connectivity index (χ3n) is 5.27. The number of carbonyl (C=O) groups is 1. The van der Waals surface area contributed by atoms with Gasteiger partial charge in [0.2, 0.25) is 0 Å². The van der Waals surface area contributed by atoms with Crippen molar-refractivity contribution in [2.24, 2.45) is 0 Å². The van der Waals surface area contributed by atoms with Crippen LogP contribution in [0.4, 0.5) is 5.69 Å². The average Bonchev–Trinajstić information content (AvgIpc) is 3.29. The first-order valence-electron chi connectivity index (χ1n) is 9.43. The van der Waals surface area contributed by atoms with Crippen molar-refractivity contribution < 1.29 is 9.53 Å². The van der Waals surface area contributed by atoms with E-state index in [4.69, 9.17) is 4.74 Å². The molecule has 0 aliphatic carbocycles. The van der Waals surface area contributed by atoms with Crippen LogP contribution in [0.5, 0.6) is 0 Å². The van der Waals surface area contributed by atoms with Gasteiger partial charge in [-0.15, -0.1) is 11.3 Å². The lowest BCUT2D eigenvalue weighted by Gasteiger charge is -2.11. The third-order valence-corrected chi connectivity index (χ3v) is 6.47. The van der Waals surface area contributed by atoms with E-state index < -0.39 is 0 Å². The third kappa shape index (κ3) is 3.36. The van der Waals surface area contributed by atoms with Gasteiger partial charge in [0.1, 0.15) is 4.83 Å². The first kappa shape index (κ1) is 18.8. The summed E-state index contributed by atoms with van der Waals surface area (Å²) in [6, 6.07) is 5.89. The van der Waals surface area contributed by atoms with E-state index in [1.54, 1.807) is 10.9 Å². The fraction of sp³-hybridized carbons (Fsp3) is 0.381. The molecule has 1 aliphatic heterocycles. The van der Waals surface area contributed by atoms with Gasteiger partial charge in [0.05, 0.1) is 29.2 Å². The van der Waals surface area contributed by atoms with Crippen LogP contribution in [-0.4, -0.2) is 28.2 Å². The summed E-state index contributed by atoms with van der Waals surface area (Å²) in [5.41, 5.74) is 3.39. The number of carbonyl (C=O) groups excluding carboxylic acids is 1. The van der Waals surface area contributed by atoms with E-state index in [0.29, 0.717) is 27.2 Å². The summed E-state index contributed by atoms with van der Waals surface area (Å²) in [5, 5.41) is 3.53. The maximum absolute atomic E-state index is 13.0. The van der Waals surface area contributed by atoms with Crippen molar-refractivity contribution >= 4 is 33.1 Å². The quantitative estimate of drug-likeness (QED) is 0.726. The van der Waals surface area contributed by atoms with Crippen LogP contribution in [0.2, 0.25) is 0 Å². The molecule has 1 saturated heterocycles. The molecule has 2 aromatic heterocycles. The number of hydrogen-bond donors (Lipinski definition) is 1. The Morgan fingerprint density at radius 2 is 2.07 bits per heavy atom. The van der Waals surface area contributed by atoms with Gasteiger partial charge in [-0.3, -0.25) is 14.2 Å². The number of rotatable bonds is 4. The number of para-hydroxylation sites is 1. The van der Waals surface area contributed by atoms with Gasteiger partial charge >= 0.3 is 0 Å². The fourth-order valence-corrected chi connectivity index (χ4v) is 4.73. The Bertz CT molecular complexity index is 1090. The highest BCUT2D eigenvalue weighted by Gasteiger charge is 2.22. The largest absolute Gasteiger partial charge is 0.376 e. The number of aromatic nitrogens is 2. The van der Waals surface area contributed by atoms with Crippen molar-refractivity contribution in [3.8, 4) is 0 Å². The predicted octanol–water partition coefficient (Wildman–Crippen LogP) is 3.81. The lowest BCUT2D eigenvalue weighted by atomic mass is 10.1. The summed E-state index contributed by atoms with van der Waals surface area (Å²) in [4.78, 5) is 31.5. The van der Waals surface area contributed by atoms with Gasteiger partial charge in [-0.25, -0.2) is 4.98 Å². The number of nitrogens with one attached hydrogen (secondary N) is 1. The van der Waals surface area contributed by atoms with Gasteiger partial charge in [-0.05, 0) is 50.3 Å². The molecule has 1 N–H and O–H groups in total. The van der Waals surface area contributed by atoms with Crippen LogP contribution < -0.4 is 10.9 Å². The minimum atomic E-state index is -0.206. The molecule has 1 aliphatic rings. The molecule has 0 saturated carbocycles. The summed E-state index contributed by atoms with van der Waals surface area (Å²) < 4.78 is 7.24. The molecule has 146 valence electrons. The van der Waals surface area contributed by atoms with Crippen LogP contribution in [0, 0.1) is 20.8 Å². The van der Waals surface area contributed by atoms with E-state index in [-0.39, 0.29) is 17.6 Å². The summed E-state index contributed by atoms with van der Waals surface area (Å²) in [6.07, 6.45) is 3.60. The number of amides is 1. The van der Waals surface area contributed by atoms with Gasteiger partial charge in [0, 0.05) is 12.3 Å². The molecule has 7 heteroatoms. The number of hydrogen-bond acceptors (Lipinski definition) is 5. The second kappa shape index (κ2) is 7.48. The Morgan fingerprint density at radius 3 is 2.75 bits per heavy atom. The van der Waals surface area contributed by atoms with Gasteiger partial charge in [0.15, 0.2) is 0 Å². The van der Waals surface area contributed by atoms with Crippen molar-refractivity contribution in [3.63, 3.8) is 0 Å². The van der Waals surface area contributed by atoms with Crippen LogP contribution in [0.3, 0.4) is 0 Å². The van der Waals surface area contributed by atoms with Gasteiger partial charge in [-0.1, -0.05) is 18.2 Å². The molecule has 1 atom stereocenters. The van der Waals surface area contributed by atoms with Gasteiger partial charge < -0.3 is 10.1 Å². The molecule has 1 amide bonds. The molecular weight excluding hydrogens is 374 g/mol. The average molecular weight is 398 g/mol. The van der Waals surface area contributed by atoms with E-state index in [1.165, 1.54) is 11.3 Å². The molecule has 6 nitrogen and oxygen atoms in total. The fourth-order valence-electron chi connectivity index (χ4n) is 3.70. The maximum Gasteiger partial charge on any atom is 0.266 e. The highest BCUT2D eigenvalue weighted by molar-refractivity contribution is 7.20. The van der Waals surface area contributed by atoms with Crippen molar-refractivity contribution in [2.75, 3.05) is 11.9 Å². The van der Waals surface area contributed by atoms with Crippen LogP contribution in [0.15, 0.2) is 29.3 Å². The zero-order valence-electron chi connectivity index (χ0n) is 16.2. The number of nitrogens with zero attached hydrogens (tertiary/aromatic N) is 2. The van der Waals surface area contributed by atoms with Gasteiger partial charge in [0.25, 0.3) is 11.5 Å². The van der Waals surface area contributed by atoms with Crippen LogP contribution in [-0.2, 0) is 11.3 Å². The number of anilines is 1. The lowest BCUT2D eigenvalue weighted by Crippen LogP contribution is -2.26. The summed E-state index contributed by atoms with van der Waals surface area (Å²) in [6.45, 7) is 6.99. The molecule has 0 radical (unpaired) electrons. The van der Waals surface area contributed by atoms with E-state index in [0.717, 1.165) is 36.3 Å². The second-order valence-corrected chi connectivity index (χ2v) is 8.29.